The second-order valence-electron chi connectivity index (χ2n) is 12.8. The van der Waals surface area contributed by atoms with Crippen molar-refractivity contribution in [2.24, 2.45) is 0 Å². The van der Waals surface area contributed by atoms with Crippen LogP contribution in [0, 0.1) is 0 Å². The van der Waals surface area contributed by atoms with Gasteiger partial charge in [0, 0.05) is 21.9 Å². The van der Waals surface area contributed by atoms with Crippen molar-refractivity contribution in [2.75, 3.05) is 0 Å². The number of pyridine rings is 1. The van der Waals surface area contributed by atoms with E-state index in [1.807, 2.05) is 0 Å². The Hall–Kier alpha value is -4.49. The first-order valence-corrected chi connectivity index (χ1v) is 20.2. The Bertz CT molecular complexity index is 2300. The maximum absolute atomic E-state index is 10.7. The molecule has 1 aliphatic rings. The number of halogens is 12. The maximum atomic E-state index is 9.87. The molecule has 5 nitrogen and oxygen atoms in total. The van der Waals surface area contributed by atoms with Crippen molar-refractivity contribution >= 4 is 59.5 Å². The summed E-state index contributed by atoms with van der Waals surface area (Å²) in [6.45, 7) is 3.66. The fourth-order valence-electron chi connectivity index (χ4n) is 6.46. The molecule has 0 fully saturated rings. The van der Waals surface area contributed by atoms with Crippen LogP contribution in [0.4, 0.5) is 50.4 Å². The smallest absolute Gasteiger partial charge is 0.245 e. The fourth-order valence-corrected chi connectivity index (χ4v) is 6.46. The number of hydrogen-bond acceptors (Lipinski definition) is 1. The number of aromatic nitrogens is 5. The number of aryl methyl sites for hydroxylation is 2. The largest absolute Gasteiger partial charge is 0.247 e. The van der Waals surface area contributed by atoms with Crippen LogP contribution in [0.15, 0.2) is 104 Å². The topological polar surface area (TPSA) is 30.5 Å². The number of imidazole rings is 2. The SMILES string of the molecule is F[P-](F)(F)(F)(F)F.F[P-](F)(F)(F)(F)F.c1cc2c3nc4c(cccc4cc3c1)C[n+]1cn(c3ccccc31)CCCCCn1c[n+](c3ccccc31)C2. The molecule has 286 valence electrons. The molecule has 7 aromatic rings. The third-order valence-electron chi connectivity index (χ3n) is 8.37. The minimum absolute atomic E-state index is 0.799. The Morgan fingerprint density at radius 3 is 1.25 bits per heavy atom. The third-order valence-corrected chi connectivity index (χ3v) is 8.37. The molecular weight excluding hydrogens is 768 g/mol. The van der Waals surface area contributed by atoms with Gasteiger partial charge >= 0.3 is 66.0 Å². The van der Waals surface area contributed by atoms with Gasteiger partial charge in [0.05, 0.1) is 24.1 Å². The third kappa shape index (κ3) is 11.3. The molecule has 0 atom stereocenters. The Morgan fingerprint density at radius 2 is 0.849 bits per heavy atom. The van der Waals surface area contributed by atoms with Crippen molar-refractivity contribution in [1.29, 1.82) is 0 Å². The monoisotopic (exact) mass is 799 g/mol. The predicted octanol–water partition coefficient (Wildman–Crippen LogP) is 12.9. The second kappa shape index (κ2) is 12.0. The van der Waals surface area contributed by atoms with E-state index >= 15 is 0 Å². The summed E-state index contributed by atoms with van der Waals surface area (Å²) in [5.41, 5.74) is 9.84. The maximum Gasteiger partial charge on any atom is 0.245 e. The van der Waals surface area contributed by atoms with E-state index < -0.39 is 15.6 Å². The average Bonchev–Trinajstić information content (AvgIpc) is 3.55. The van der Waals surface area contributed by atoms with Crippen molar-refractivity contribution in [3.63, 3.8) is 0 Å². The molecule has 4 heterocycles. The quantitative estimate of drug-likeness (QED) is 0.0650. The first-order chi connectivity index (χ1) is 24.2. The van der Waals surface area contributed by atoms with Gasteiger partial charge in [0.15, 0.2) is 22.1 Å². The molecule has 53 heavy (non-hydrogen) atoms. The molecule has 19 heteroatoms. The molecule has 1 aliphatic heterocycles. The fraction of sp³-hybridized carbons (Fsp3) is 0.206. The Kier molecular flexibility index (Phi) is 8.66. The van der Waals surface area contributed by atoms with Crippen LogP contribution in [0.2, 0.25) is 0 Å². The van der Waals surface area contributed by atoms with Gasteiger partial charge in [-0.15, -0.1) is 0 Å². The number of benzene rings is 4. The summed E-state index contributed by atoms with van der Waals surface area (Å²) in [7, 11) is -21.3. The number of nitrogens with zero attached hydrogens (tertiary/aromatic N) is 5. The van der Waals surface area contributed by atoms with Crippen LogP contribution >= 0.6 is 15.6 Å². The van der Waals surface area contributed by atoms with Crippen LogP contribution in [0.3, 0.4) is 0 Å². The average molecular weight is 800 g/mol. The summed E-state index contributed by atoms with van der Waals surface area (Å²) in [4.78, 5) is 5.37. The minimum Gasteiger partial charge on any atom is -0.247 e. The summed E-state index contributed by atoms with van der Waals surface area (Å²) in [6, 6.07) is 33.1. The molecule has 4 aromatic carbocycles. The van der Waals surface area contributed by atoms with E-state index in [1.165, 1.54) is 63.2 Å². The Balaban J connectivity index is 0.000000294. The van der Waals surface area contributed by atoms with E-state index in [1.54, 1.807) is 0 Å². The van der Waals surface area contributed by atoms with Gasteiger partial charge in [-0.3, -0.25) is 0 Å². The first-order valence-electron chi connectivity index (χ1n) is 16.1. The predicted molar refractivity (Wildman–Crippen MR) is 183 cm³/mol. The van der Waals surface area contributed by atoms with Crippen LogP contribution < -0.4 is 9.13 Å². The van der Waals surface area contributed by atoms with E-state index in [2.05, 4.69) is 122 Å². The van der Waals surface area contributed by atoms with Crippen LogP contribution in [-0.4, -0.2) is 14.1 Å². The normalized spacial score (nSPS) is 16.8. The van der Waals surface area contributed by atoms with Crippen molar-refractivity contribution in [3.8, 4) is 0 Å². The zero-order valence-electron chi connectivity index (χ0n) is 27.4. The van der Waals surface area contributed by atoms with E-state index in [0.717, 1.165) is 37.2 Å². The van der Waals surface area contributed by atoms with Crippen molar-refractivity contribution in [1.82, 2.24) is 14.1 Å². The molecular formula is C34H31F12N5P2. The van der Waals surface area contributed by atoms with Crippen LogP contribution in [0.1, 0.15) is 30.4 Å². The summed E-state index contributed by atoms with van der Waals surface area (Å²) in [6.07, 6.45) is 8.15. The van der Waals surface area contributed by atoms with Crippen molar-refractivity contribution < 1.29 is 59.5 Å². The molecule has 0 radical (unpaired) electrons. The van der Waals surface area contributed by atoms with Gasteiger partial charge in [-0.25, -0.2) is 23.3 Å². The van der Waals surface area contributed by atoms with E-state index in [-0.39, 0.29) is 0 Å². The molecule has 6 bridgehead atoms. The number of fused-ring (bicyclic) bond motifs is 10. The number of hydrogen-bond donors (Lipinski definition) is 0. The second-order valence-corrected chi connectivity index (χ2v) is 16.6. The van der Waals surface area contributed by atoms with Gasteiger partial charge in [-0.05, 0) is 49.6 Å². The summed E-state index contributed by atoms with van der Waals surface area (Å²) in [5, 5.41) is 2.39. The van der Waals surface area contributed by atoms with E-state index in [4.69, 9.17) is 4.98 Å². The number of para-hydroxylation sites is 6. The van der Waals surface area contributed by atoms with Gasteiger partial charge in [-0.1, -0.05) is 60.7 Å². The molecule has 0 amide bonds. The number of rotatable bonds is 0. The van der Waals surface area contributed by atoms with Crippen LogP contribution in [0.25, 0.3) is 43.9 Å². The summed E-state index contributed by atoms with van der Waals surface area (Å²) >= 11 is 0. The van der Waals surface area contributed by atoms with E-state index in [0.29, 0.717) is 0 Å². The van der Waals surface area contributed by atoms with Crippen molar-refractivity contribution in [2.45, 2.75) is 45.4 Å². The molecule has 0 saturated carbocycles. The zero-order valence-corrected chi connectivity index (χ0v) is 29.2. The molecule has 8 rings (SSSR count). The molecule has 0 N–H and O–H groups in total. The van der Waals surface area contributed by atoms with Gasteiger partial charge in [-0.2, -0.15) is 0 Å². The minimum atomic E-state index is -10.7. The van der Waals surface area contributed by atoms with Gasteiger partial charge < -0.3 is 0 Å². The molecule has 0 saturated heterocycles. The van der Waals surface area contributed by atoms with Crippen LogP contribution in [0.5, 0.6) is 0 Å². The summed E-state index contributed by atoms with van der Waals surface area (Å²) in [5.74, 6) is 0. The summed E-state index contributed by atoms with van der Waals surface area (Å²) < 4.78 is 128. The van der Waals surface area contributed by atoms with Gasteiger partial charge in [0.25, 0.3) is 0 Å². The van der Waals surface area contributed by atoms with E-state index in [9.17, 15) is 50.4 Å². The van der Waals surface area contributed by atoms with Gasteiger partial charge in [0.2, 0.25) is 12.7 Å². The molecule has 0 aliphatic carbocycles. The Labute approximate surface area is 293 Å². The molecule has 0 spiro atoms. The van der Waals surface area contributed by atoms with Crippen molar-refractivity contribution in [3.05, 3.63) is 115 Å². The zero-order chi connectivity index (χ0) is 38.6. The molecule has 3 aromatic heterocycles. The van der Waals surface area contributed by atoms with Crippen LogP contribution in [-0.2, 0) is 26.2 Å². The Morgan fingerprint density at radius 1 is 0.472 bits per heavy atom. The standard InChI is InChI=1S/C34H31N5.2F6P/c1-6-18-36-23-38(31-16-4-2-14-29(31)36)21-27-12-8-10-25-20-26-11-9-13-28(34(26)35-33(25)27)22-39-24-37(19-7-1)30-15-3-5-17-32(30)39;2*1-7(2,3,4,5)6/h2-5,8-17,20,23-24H,1,6-7,18-19,21-22H2;;/q+2;2*-1. The molecule has 0 unspecified atom stereocenters. The first kappa shape index (κ1) is 38.2. The van der Waals surface area contributed by atoms with Gasteiger partial charge in [0.1, 0.15) is 13.1 Å².